The fourth-order valence-corrected chi connectivity index (χ4v) is 1.94. The molecule has 0 unspecified atom stereocenters. The first-order valence-electron chi connectivity index (χ1n) is 4.63. The first-order chi connectivity index (χ1) is 7.16. The van der Waals surface area contributed by atoms with Crippen molar-refractivity contribution in [3.05, 3.63) is 24.3 Å². The number of benzene rings is 1. The van der Waals surface area contributed by atoms with E-state index in [9.17, 15) is 5.11 Å². The zero-order chi connectivity index (χ0) is 10.6. The average molecular weight is 202 g/mol. The molecule has 0 aliphatic heterocycles. The first kappa shape index (κ1) is 8.23. The Balaban J connectivity index is 2.62. The molecule has 0 fully saturated rings. The number of fused-ring (bicyclic) bond motifs is 3. The van der Waals surface area contributed by atoms with E-state index in [0.717, 1.165) is 16.3 Å². The van der Waals surface area contributed by atoms with Gasteiger partial charge in [-0.15, -0.1) is 0 Å². The van der Waals surface area contributed by atoms with Crippen molar-refractivity contribution in [3.63, 3.8) is 0 Å². The summed E-state index contributed by atoms with van der Waals surface area (Å²) >= 11 is 0. The van der Waals surface area contributed by atoms with Gasteiger partial charge in [-0.1, -0.05) is 12.1 Å². The second kappa shape index (κ2) is 2.48. The van der Waals surface area contributed by atoms with Crippen LogP contribution in [0, 0.1) is 0 Å². The number of anilines is 1. The van der Waals surface area contributed by atoms with Crippen molar-refractivity contribution in [2.75, 3.05) is 5.73 Å². The van der Waals surface area contributed by atoms with Gasteiger partial charge in [-0.2, -0.15) is 0 Å². The molecular formula is C11H10N2O2. The van der Waals surface area contributed by atoms with Crippen molar-refractivity contribution < 1.29 is 9.52 Å². The molecule has 3 N–H and O–H groups in total. The molecule has 76 valence electrons. The predicted octanol–water partition coefficient (Wildman–Crippen LogP) is 2.21. The summed E-state index contributed by atoms with van der Waals surface area (Å²) in [6, 6.07) is 7.34. The number of aromatic nitrogens is 1. The molecule has 0 atom stereocenters. The van der Waals surface area contributed by atoms with E-state index in [2.05, 4.69) is 0 Å². The van der Waals surface area contributed by atoms with Crippen molar-refractivity contribution >= 4 is 27.8 Å². The van der Waals surface area contributed by atoms with Gasteiger partial charge in [0.25, 0.3) is 0 Å². The van der Waals surface area contributed by atoms with Gasteiger partial charge in [0, 0.05) is 30.0 Å². The Kier molecular flexibility index (Phi) is 1.36. The normalized spacial score (nSPS) is 11.5. The van der Waals surface area contributed by atoms with Crippen LogP contribution in [0.5, 0.6) is 5.88 Å². The van der Waals surface area contributed by atoms with E-state index in [4.69, 9.17) is 10.2 Å². The lowest BCUT2D eigenvalue weighted by molar-refractivity contribution is 0.435. The Labute approximate surface area is 85.5 Å². The topological polar surface area (TPSA) is 64.3 Å². The zero-order valence-corrected chi connectivity index (χ0v) is 8.19. The Morgan fingerprint density at radius 2 is 2.00 bits per heavy atom. The van der Waals surface area contributed by atoms with Gasteiger partial charge in [0.2, 0.25) is 0 Å². The van der Waals surface area contributed by atoms with E-state index < -0.39 is 0 Å². The second-order valence-corrected chi connectivity index (χ2v) is 3.63. The lowest BCUT2D eigenvalue weighted by atomic mass is 10.2. The first-order valence-corrected chi connectivity index (χ1v) is 4.63. The molecule has 3 aromatic rings. The lowest BCUT2D eigenvalue weighted by Gasteiger charge is -1.97. The van der Waals surface area contributed by atoms with Crippen LogP contribution in [0.4, 0.5) is 5.88 Å². The fraction of sp³-hybridized carbons (Fsp3) is 0.0909. The Morgan fingerprint density at radius 1 is 1.27 bits per heavy atom. The van der Waals surface area contributed by atoms with Gasteiger partial charge in [0.05, 0.1) is 5.52 Å². The highest BCUT2D eigenvalue weighted by Gasteiger charge is 2.11. The van der Waals surface area contributed by atoms with Crippen LogP contribution in [0.15, 0.2) is 28.7 Å². The van der Waals surface area contributed by atoms with Crippen molar-refractivity contribution in [1.82, 2.24) is 4.57 Å². The summed E-state index contributed by atoms with van der Waals surface area (Å²) in [5, 5.41) is 11.5. The maximum Gasteiger partial charge on any atom is 0.191 e. The van der Waals surface area contributed by atoms with Crippen LogP contribution in [-0.4, -0.2) is 9.67 Å². The average Bonchev–Trinajstić information content (AvgIpc) is 2.68. The standard InChI is InChI=1S/C11H10N2O2/c1-13-9(14)5-6-2-3-7-4-8(12)15-11(7)10(6)13/h2-5,14H,12H2,1H3. The molecule has 4 heteroatoms. The third kappa shape index (κ3) is 0.958. The molecule has 0 aliphatic carbocycles. The lowest BCUT2D eigenvalue weighted by Crippen LogP contribution is -1.85. The molecule has 2 aromatic heterocycles. The molecule has 0 aliphatic rings. The van der Waals surface area contributed by atoms with E-state index >= 15 is 0 Å². The van der Waals surface area contributed by atoms with Crippen LogP contribution in [0.1, 0.15) is 0 Å². The summed E-state index contributed by atoms with van der Waals surface area (Å²) in [6.45, 7) is 0. The minimum Gasteiger partial charge on any atom is -0.494 e. The van der Waals surface area contributed by atoms with E-state index in [0.29, 0.717) is 11.5 Å². The fourth-order valence-electron chi connectivity index (χ4n) is 1.94. The maximum absolute atomic E-state index is 9.60. The number of nitrogens with two attached hydrogens (primary N) is 1. The molecule has 0 radical (unpaired) electrons. The number of hydrogen-bond donors (Lipinski definition) is 2. The minimum atomic E-state index is 0.215. The number of aromatic hydroxyl groups is 1. The largest absolute Gasteiger partial charge is 0.494 e. The zero-order valence-electron chi connectivity index (χ0n) is 8.19. The highest BCUT2D eigenvalue weighted by atomic mass is 16.3. The van der Waals surface area contributed by atoms with Gasteiger partial charge in [-0.05, 0) is 0 Å². The molecule has 4 nitrogen and oxygen atoms in total. The number of hydrogen-bond acceptors (Lipinski definition) is 3. The second-order valence-electron chi connectivity index (χ2n) is 3.63. The third-order valence-electron chi connectivity index (χ3n) is 2.67. The highest BCUT2D eigenvalue weighted by molar-refractivity contribution is 6.04. The molecule has 2 heterocycles. The van der Waals surface area contributed by atoms with Gasteiger partial charge in [0.1, 0.15) is 0 Å². The molecular weight excluding hydrogens is 192 g/mol. The molecule has 0 bridgehead atoms. The van der Waals surface area contributed by atoms with Crippen LogP contribution in [-0.2, 0) is 7.05 Å². The molecule has 0 spiro atoms. The quantitative estimate of drug-likeness (QED) is 0.587. The minimum absolute atomic E-state index is 0.215. The summed E-state index contributed by atoms with van der Waals surface area (Å²) in [4.78, 5) is 0. The molecule has 15 heavy (non-hydrogen) atoms. The monoisotopic (exact) mass is 202 g/mol. The smallest absolute Gasteiger partial charge is 0.191 e. The van der Waals surface area contributed by atoms with Crippen molar-refractivity contribution in [2.24, 2.45) is 7.05 Å². The molecule has 0 saturated carbocycles. The van der Waals surface area contributed by atoms with Gasteiger partial charge >= 0.3 is 0 Å². The summed E-state index contributed by atoms with van der Waals surface area (Å²) in [5.74, 6) is 0.602. The third-order valence-corrected chi connectivity index (χ3v) is 2.67. The molecule has 0 amide bonds. The molecule has 0 saturated heterocycles. The summed E-state index contributed by atoms with van der Waals surface area (Å²) in [6.07, 6.45) is 0. The van der Waals surface area contributed by atoms with E-state index in [1.165, 1.54) is 0 Å². The van der Waals surface area contributed by atoms with Gasteiger partial charge < -0.3 is 19.8 Å². The van der Waals surface area contributed by atoms with Gasteiger partial charge in [0.15, 0.2) is 17.3 Å². The van der Waals surface area contributed by atoms with Crippen molar-refractivity contribution in [3.8, 4) is 5.88 Å². The van der Waals surface area contributed by atoms with E-state index in [1.54, 1.807) is 23.7 Å². The van der Waals surface area contributed by atoms with Crippen molar-refractivity contribution in [2.45, 2.75) is 0 Å². The summed E-state index contributed by atoms with van der Waals surface area (Å²) < 4.78 is 7.10. The van der Waals surface area contributed by atoms with Crippen molar-refractivity contribution in [1.29, 1.82) is 0 Å². The number of furan rings is 1. The Bertz CT molecular complexity index is 664. The summed E-state index contributed by atoms with van der Waals surface area (Å²) in [7, 11) is 1.79. The van der Waals surface area contributed by atoms with E-state index in [-0.39, 0.29) is 5.88 Å². The SMILES string of the molecule is Cn1c(O)cc2ccc3cc(N)oc3c21. The predicted molar refractivity (Wildman–Crippen MR) is 58.8 cm³/mol. The highest BCUT2D eigenvalue weighted by Crippen LogP contribution is 2.32. The molecule has 1 aromatic carbocycles. The van der Waals surface area contributed by atoms with E-state index in [1.807, 2.05) is 12.1 Å². The number of nitrogen functional groups attached to an aromatic ring is 1. The van der Waals surface area contributed by atoms with Gasteiger partial charge in [-0.25, -0.2) is 0 Å². The Hall–Kier alpha value is -2.10. The summed E-state index contributed by atoms with van der Waals surface area (Å²) in [5.41, 5.74) is 7.18. The van der Waals surface area contributed by atoms with Crippen LogP contribution in [0.3, 0.4) is 0 Å². The molecule has 3 rings (SSSR count). The number of rotatable bonds is 0. The van der Waals surface area contributed by atoms with Crippen LogP contribution in [0.25, 0.3) is 21.9 Å². The number of nitrogens with zero attached hydrogens (tertiary/aromatic N) is 1. The van der Waals surface area contributed by atoms with Crippen LogP contribution in [0.2, 0.25) is 0 Å². The number of aryl methyl sites for hydroxylation is 1. The Morgan fingerprint density at radius 3 is 2.80 bits per heavy atom. The van der Waals surface area contributed by atoms with Gasteiger partial charge in [-0.3, -0.25) is 0 Å². The maximum atomic E-state index is 9.60. The van der Waals surface area contributed by atoms with Crippen LogP contribution < -0.4 is 5.73 Å². The van der Waals surface area contributed by atoms with Crippen LogP contribution >= 0.6 is 0 Å².